The van der Waals surface area contributed by atoms with E-state index in [0.29, 0.717) is 6.42 Å². The number of amides is 1. The highest BCUT2D eigenvalue weighted by atomic mass is 16.2. The van der Waals surface area contributed by atoms with Gasteiger partial charge in [0.1, 0.15) is 0 Å². The van der Waals surface area contributed by atoms with Crippen molar-refractivity contribution < 1.29 is 9.90 Å². The van der Waals surface area contributed by atoms with Gasteiger partial charge in [0.05, 0.1) is 0 Å². The standard InChI is InChI=1S/C15H21NO2/c1-15(9-2-3-10-15)14(18)16-13-6-4-12(5-7-13)8-11-17/h4-7,17H,2-3,8-11H2,1H3,(H,16,18). The van der Waals surface area contributed by atoms with Gasteiger partial charge in [-0.15, -0.1) is 0 Å². The lowest BCUT2D eigenvalue weighted by Gasteiger charge is -2.22. The highest BCUT2D eigenvalue weighted by Gasteiger charge is 2.36. The molecule has 0 aromatic heterocycles. The van der Waals surface area contributed by atoms with E-state index in [0.717, 1.165) is 36.9 Å². The van der Waals surface area contributed by atoms with Gasteiger partial charge >= 0.3 is 0 Å². The van der Waals surface area contributed by atoms with Gasteiger partial charge in [-0.1, -0.05) is 31.9 Å². The molecule has 3 nitrogen and oxygen atoms in total. The van der Waals surface area contributed by atoms with E-state index in [9.17, 15) is 4.79 Å². The van der Waals surface area contributed by atoms with Crippen LogP contribution in [0.15, 0.2) is 24.3 Å². The molecule has 0 atom stereocenters. The number of hydrogen-bond donors (Lipinski definition) is 2. The van der Waals surface area contributed by atoms with Crippen molar-refractivity contribution in [3.8, 4) is 0 Å². The number of benzene rings is 1. The average molecular weight is 247 g/mol. The number of anilines is 1. The predicted octanol–water partition coefficient (Wildman–Crippen LogP) is 2.74. The van der Waals surface area contributed by atoms with Crippen molar-refractivity contribution in [2.45, 2.75) is 39.0 Å². The Morgan fingerprint density at radius 2 is 1.89 bits per heavy atom. The summed E-state index contributed by atoms with van der Waals surface area (Å²) in [6.45, 7) is 2.21. The zero-order valence-corrected chi connectivity index (χ0v) is 10.9. The first-order valence-electron chi connectivity index (χ1n) is 6.65. The van der Waals surface area contributed by atoms with Gasteiger partial charge in [-0.3, -0.25) is 4.79 Å². The van der Waals surface area contributed by atoms with E-state index >= 15 is 0 Å². The molecule has 18 heavy (non-hydrogen) atoms. The van der Waals surface area contributed by atoms with Crippen LogP contribution in [-0.2, 0) is 11.2 Å². The molecule has 0 saturated heterocycles. The molecule has 1 aliphatic carbocycles. The number of nitrogens with one attached hydrogen (secondary N) is 1. The smallest absolute Gasteiger partial charge is 0.230 e. The largest absolute Gasteiger partial charge is 0.396 e. The fraction of sp³-hybridized carbons (Fsp3) is 0.533. The summed E-state index contributed by atoms with van der Waals surface area (Å²) in [6.07, 6.45) is 4.94. The van der Waals surface area contributed by atoms with Crippen LogP contribution in [0.25, 0.3) is 0 Å². The van der Waals surface area contributed by atoms with Crippen LogP contribution in [0.1, 0.15) is 38.2 Å². The zero-order chi connectivity index (χ0) is 13.0. The first-order valence-corrected chi connectivity index (χ1v) is 6.65. The van der Waals surface area contributed by atoms with Crippen LogP contribution in [0.2, 0.25) is 0 Å². The Bertz CT molecular complexity index is 405. The second-order valence-electron chi connectivity index (χ2n) is 5.39. The minimum Gasteiger partial charge on any atom is -0.396 e. The van der Waals surface area contributed by atoms with Crippen molar-refractivity contribution in [2.75, 3.05) is 11.9 Å². The van der Waals surface area contributed by atoms with Crippen molar-refractivity contribution >= 4 is 11.6 Å². The second kappa shape index (κ2) is 5.53. The minimum absolute atomic E-state index is 0.134. The van der Waals surface area contributed by atoms with Gasteiger partial charge in [-0.05, 0) is 37.0 Å². The number of carbonyl (C=O) groups excluding carboxylic acids is 1. The van der Waals surface area contributed by atoms with Crippen LogP contribution < -0.4 is 5.32 Å². The van der Waals surface area contributed by atoms with E-state index in [4.69, 9.17) is 5.11 Å². The van der Waals surface area contributed by atoms with Gasteiger partial charge in [0.25, 0.3) is 0 Å². The molecule has 0 aliphatic heterocycles. The third kappa shape index (κ3) is 2.91. The molecule has 0 spiro atoms. The first kappa shape index (κ1) is 13.1. The van der Waals surface area contributed by atoms with Crippen molar-refractivity contribution in [1.82, 2.24) is 0 Å². The van der Waals surface area contributed by atoms with E-state index in [1.807, 2.05) is 24.3 Å². The van der Waals surface area contributed by atoms with Gasteiger partial charge in [-0.25, -0.2) is 0 Å². The lowest BCUT2D eigenvalue weighted by Crippen LogP contribution is -2.30. The molecular formula is C15H21NO2. The molecule has 3 heteroatoms. The van der Waals surface area contributed by atoms with E-state index in [2.05, 4.69) is 12.2 Å². The van der Waals surface area contributed by atoms with Gasteiger partial charge in [-0.2, -0.15) is 0 Å². The molecule has 0 heterocycles. The van der Waals surface area contributed by atoms with Gasteiger partial charge < -0.3 is 10.4 Å². The summed E-state index contributed by atoms with van der Waals surface area (Å²) in [5, 5.41) is 11.8. The summed E-state index contributed by atoms with van der Waals surface area (Å²) in [5.41, 5.74) is 1.74. The SMILES string of the molecule is CC1(C(=O)Nc2ccc(CCO)cc2)CCCC1. The highest BCUT2D eigenvalue weighted by Crippen LogP contribution is 2.38. The summed E-state index contributed by atoms with van der Waals surface area (Å²) < 4.78 is 0. The number of aliphatic hydroxyl groups is 1. The van der Waals surface area contributed by atoms with Crippen LogP contribution >= 0.6 is 0 Å². The topological polar surface area (TPSA) is 49.3 Å². The Morgan fingerprint density at radius 3 is 2.44 bits per heavy atom. The molecule has 1 fully saturated rings. The van der Waals surface area contributed by atoms with Gasteiger partial charge in [0.15, 0.2) is 0 Å². The summed E-state index contributed by atoms with van der Waals surface area (Å²) >= 11 is 0. The third-order valence-electron chi connectivity index (χ3n) is 3.87. The van der Waals surface area contributed by atoms with Crippen LogP contribution in [0.4, 0.5) is 5.69 Å². The number of hydrogen-bond acceptors (Lipinski definition) is 2. The average Bonchev–Trinajstić information content (AvgIpc) is 2.80. The van der Waals surface area contributed by atoms with E-state index in [1.54, 1.807) is 0 Å². The Balaban J connectivity index is 1.98. The van der Waals surface area contributed by atoms with Crippen LogP contribution in [0, 0.1) is 5.41 Å². The molecule has 2 N–H and O–H groups in total. The summed E-state index contributed by atoms with van der Waals surface area (Å²) in [6, 6.07) is 7.70. The number of rotatable bonds is 4. The van der Waals surface area contributed by atoms with Crippen molar-refractivity contribution in [1.29, 1.82) is 0 Å². The molecule has 0 unspecified atom stereocenters. The normalized spacial score (nSPS) is 17.7. The van der Waals surface area contributed by atoms with Crippen LogP contribution in [0.3, 0.4) is 0 Å². The highest BCUT2D eigenvalue weighted by molar-refractivity contribution is 5.95. The Hall–Kier alpha value is -1.35. The lowest BCUT2D eigenvalue weighted by atomic mass is 9.88. The predicted molar refractivity (Wildman–Crippen MR) is 72.4 cm³/mol. The molecule has 98 valence electrons. The summed E-state index contributed by atoms with van der Waals surface area (Å²) in [5.74, 6) is 0.134. The second-order valence-corrected chi connectivity index (χ2v) is 5.39. The molecule has 1 aromatic carbocycles. The quantitative estimate of drug-likeness (QED) is 0.859. The molecular weight excluding hydrogens is 226 g/mol. The molecule has 0 radical (unpaired) electrons. The Labute approximate surface area is 108 Å². The molecule has 1 aromatic rings. The summed E-state index contributed by atoms with van der Waals surface area (Å²) in [7, 11) is 0. The third-order valence-corrected chi connectivity index (χ3v) is 3.87. The maximum absolute atomic E-state index is 12.2. The molecule has 0 bridgehead atoms. The molecule has 1 amide bonds. The maximum Gasteiger partial charge on any atom is 0.230 e. The number of aliphatic hydroxyl groups excluding tert-OH is 1. The first-order chi connectivity index (χ1) is 8.64. The summed E-state index contributed by atoms with van der Waals surface area (Å²) in [4.78, 5) is 12.2. The fourth-order valence-electron chi connectivity index (χ4n) is 2.55. The molecule has 1 aliphatic rings. The van der Waals surface area contributed by atoms with Gasteiger partial charge in [0.2, 0.25) is 5.91 Å². The Kier molecular flexibility index (Phi) is 4.02. The number of carbonyl (C=O) groups is 1. The fourth-order valence-corrected chi connectivity index (χ4v) is 2.55. The monoisotopic (exact) mass is 247 g/mol. The lowest BCUT2D eigenvalue weighted by molar-refractivity contribution is -0.124. The van der Waals surface area contributed by atoms with Crippen LogP contribution in [0.5, 0.6) is 0 Å². The van der Waals surface area contributed by atoms with Crippen molar-refractivity contribution in [3.05, 3.63) is 29.8 Å². The maximum atomic E-state index is 12.2. The minimum atomic E-state index is -0.191. The zero-order valence-electron chi connectivity index (χ0n) is 10.9. The van der Waals surface area contributed by atoms with E-state index in [1.165, 1.54) is 0 Å². The molecule has 2 rings (SSSR count). The van der Waals surface area contributed by atoms with Gasteiger partial charge in [0, 0.05) is 17.7 Å². The van der Waals surface area contributed by atoms with Crippen molar-refractivity contribution in [3.63, 3.8) is 0 Å². The van der Waals surface area contributed by atoms with Crippen molar-refractivity contribution in [2.24, 2.45) is 5.41 Å². The van der Waals surface area contributed by atoms with Crippen LogP contribution in [-0.4, -0.2) is 17.6 Å². The Morgan fingerprint density at radius 1 is 1.28 bits per heavy atom. The van der Waals surface area contributed by atoms with E-state index in [-0.39, 0.29) is 17.9 Å². The van der Waals surface area contributed by atoms with E-state index < -0.39 is 0 Å². The molecule has 1 saturated carbocycles.